The molecule has 0 aromatic carbocycles. The zero-order valence-corrected chi connectivity index (χ0v) is 9.47. The van der Waals surface area contributed by atoms with Gasteiger partial charge in [-0.05, 0) is 6.42 Å². The molecule has 0 aromatic heterocycles. The number of hydrogen-bond donors (Lipinski definition) is 1. The van der Waals surface area contributed by atoms with Gasteiger partial charge in [-0.15, -0.1) is 0 Å². The van der Waals surface area contributed by atoms with Crippen LogP contribution < -0.4 is 0 Å². The molecular weight excluding hydrogens is 208 g/mol. The van der Waals surface area contributed by atoms with E-state index in [1.807, 2.05) is 6.92 Å². The van der Waals surface area contributed by atoms with Crippen molar-refractivity contribution in [1.29, 1.82) is 0 Å². The quantitative estimate of drug-likeness (QED) is 0.737. The van der Waals surface area contributed by atoms with Gasteiger partial charge in [-0.2, -0.15) is 0 Å². The average molecular weight is 228 g/mol. The summed E-state index contributed by atoms with van der Waals surface area (Å²) < 4.78 is 0. The molecule has 1 rings (SSSR count). The standard InChI is InChI=1S/C6H12.C4H8O2.Fe/c1-2-4-6-5-3-1;1-2-3-4(5)6;/h1-6H2;2-3H2,1H3,(H,5,6);. The van der Waals surface area contributed by atoms with Crippen molar-refractivity contribution in [3.8, 4) is 0 Å². The van der Waals surface area contributed by atoms with Gasteiger partial charge in [-0.1, -0.05) is 45.4 Å². The van der Waals surface area contributed by atoms with E-state index >= 15 is 0 Å². The molecule has 1 aliphatic rings. The van der Waals surface area contributed by atoms with Gasteiger partial charge in [0.2, 0.25) is 0 Å². The van der Waals surface area contributed by atoms with E-state index in [2.05, 4.69) is 0 Å². The summed E-state index contributed by atoms with van der Waals surface area (Å²) in [5.74, 6) is -0.711. The smallest absolute Gasteiger partial charge is 0.303 e. The van der Waals surface area contributed by atoms with Crippen LogP contribution in [0.15, 0.2) is 0 Å². The number of carboxylic acids is 1. The number of carboxylic acid groups (broad SMARTS) is 1. The summed E-state index contributed by atoms with van der Waals surface area (Å²) in [7, 11) is 0. The fraction of sp³-hybridized carbons (Fsp3) is 0.900. The van der Waals surface area contributed by atoms with E-state index in [-0.39, 0.29) is 17.1 Å². The van der Waals surface area contributed by atoms with Gasteiger partial charge in [0.25, 0.3) is 0 Å². The fourth-order valence-corrected chi connectivity index (χ4v) is 1.27. The van der Waals surface area contributed by atoms with Crippen molar-refractivity contribution in [3.63, 3.8) is 0 Å². The molecule has 1 N–H and O–H groups in total. The van der Waals surface area contributed by atoms with E-state index in [9.17, 15) is 4.79 Å². The maximum absolute atomic E-state index is 9.60. The normalized spacial score (nSPS) is 14.8. The van der Waals surface area contributed by atoms with Crippen LogP contribution in [0.1, 0.15) is 58.3 Å². The molecular formula is C10H20FeO2. The molecule has 2 nitrogen and oxygen atoms in total. The predicted octanol–water partition coefficient (Wildman–Crippen LogP) is 3.21. The van der Waals surface area contributed by atoms with Gasteiger partial charge in [0.1, 0.15) is 0 Å². The molecule has 0 atom stereocenters. The van der Waals surface area contributed by atoms with Gasteiger partial charge < -0.3 is 5.11 Å². The molecule has 1 saturated carbocycles. The summed E-state index contributed by atoms with van der Waals surface area (Å²) >= 11 is 0. The Balaban J connectivity index is 0. The van der Waals surface area contributed by atoms with E-state index in [1.165, 1.54) is 38.5 Å². The topological polar surface area (TPSA) is 37.3 Å². The minimum atomic E-state index is -0.711. The molecule has 0 aromatic rings. The van der Waals surface area contributed by atoms with Gasteiger partial charge in [-0.3, -0.25) is 4.79 Å². The van der Waals surface area contributed by atoms with Crippen molar-refractivity contribution in [2.24, 2.45) is 0 Å². The number of rotatable bonds is 2. The van der Waals surface area contributed by atoms with Gasteiger partial charge in [0.15, 0.2) is 0 Å². The number of carbonyl (C=O) groups is 1. The Morgan fingerprint density at radius 2 is 1.38 bits per heavy atom. The molecule has 0 radical (unpaired) electrons. The van der Waals surface area contributed by atoms with E-state index in [4.69, 9.17) is 5.11 Å². The van der Waals surface area contributed by atoms with Crippen LogP contribution in [0, 0.1) is 0 Å². The molecule has 0 heterocycles. The monoisotopic (exact) mass is 228 g/mol. The van der Waals surface area contributed by atoms with Crippen LogP contribution in [0.3, 0.4) is 0 Å². The SMILES string of the molecule is C1CCCCC1.CCCC(=O)O.[Fe]. The van der Waals surface area contributed by atoms with Crippen LogP contribution in [0.5, 0.6) is 0 Å². The van der Waals surface area contributed by atoms with Gasteiger partial charge in [0.05, 0.1) is 0 Å². The number of aliphatic carboxylic acids is 1. The maximum Gasteiger partial charge on any atom is 0.303 e. The Kier molecular flexibility index (Phi) is 14.3. The van der Waals surface area contributed by atoms with E-state index in [0.717, 1.165) is 6.42 Å². The first-order valence-electron chi connectivity index (χ1n) is 4.99. The summed E-state index contributed by atoms with van der Waals surface area (Å²) in [6.45, 7) is 1.84. The molecule has 0 bridgehead atoms. The summed E-state index contributed by atoms with van der Waals surface area (Å²) in [5.41, 5.74) is 0. The van der Waals surface area contributed by atoms with Crippen molar-refractivity contribution >= 4 is 5.97 Å². The molecule has 13 heavy (non-hydrogen) atoms. The van der Waals surface area contributed by atoms with Crippen LogP contribution in [0.2, 0.25) is 0 Å². The first-order chi connectivity index (χ1) is 5.77. The minimum absolute atomic E-state index is 0. The molecule has 0 amide bonds. The Morgan fingerprint density at radius 3 is 1.46 bits per heavy atom. The zero-order valence-electron chi connectivity index (χ0n) is 8.37. The van der Waals surface area contributed by atoms with E-state index in [0.29, 0.717) is 6.42 Å². The Morgan fingerprint density at radius 1 is 1.08 bits per heavy atom. The predicted molar refractivity (Wildman–Crippen MR) is 50.2 cm³/mol. The van der Waals surface area contributed by atoms with E-state index in [1.54, 1.807) is 0 Å². The maximum atomic E-state index is 9.60. The second-order valence-corrected chi connectivity index (χ2v) is 3.27. The van der Waals surface area contributed by atoms with Crippen molar-refractivity contribution in [1.82, 2.24) is 0 Å². The van der Waals surface area contributed by atoms with Gasteiger partial charge in [-0.25, -0.2) is 0 Å². The van der Waals surface area contributed by atoms with Gasteiger partial charge in [0, 0.05) is 23.5 Å². The van der Waals surface area contributed by atoms with Crippen molar-refractivity contribution < 1.29 is 27.0 Å². The zero-order chi connectivity index (χ0) is 9.23. The summed E-state index contributed by atoms with van der Waals surface area (Å²) in [4.78, 5) is 9.60. The minimum Gasteiger partial charge on any atom is -0.481 e. The molecule has 1 fully saturated rings. The van der Waals surface area contributed by atoms with Crippen molar-refractivity contribution in [3.05, 3.63) is 0 Å². The van der Waals surface area contributed by atoms with Crippen LogP contribution in [0.4, 0.5) is 0 Å². The first kappa shape index (κ1) is 15.5. The second kappa shape index (κ2) is 12.0. The average Bonchev–Trinajstić information content (AvgIpc) is 2.08. The number of hydrogen-bond acceptors (Lipinski definition) is 1. The molecule has 1 aliphatic carbocycles. The van der Waals surface area contributed by atoms with Crippen LogP contribution in [-0.4, -0.2) is 11.1 Å². The molecule has 80 valence electrons. The summed E-state index contributed by atoms with van der Waals surface area (Å²) in [5, 5.41) is 7.91. The Hall–Kier alpha value is -0.0105. The first-order valence-corrected chi connectivity index (χ1v) is 4.99. The van der Waals surface area contributed by atoms with Crippen LogP contribution in [-0.2, 0) is 21.9 Å². The van der Waals surface area contributed by atoms with E-state index < -0.39 is 5.97 Å². The molecule has 3 heteroatoms. The molecule has 0 saturated heterocycles. The summed E-state index contributed by atoms with van der Waals surface area (Å²) in [6.07, 6.45) is 10.0. The van der Waals surface area contributed by atoms with Gasteiger partial charge >= 0.3 is 5.97 Å². The van der Waals surface area contributed by atoms with Crippen LogP contribution >= 0.6 is 0 Å². The summed E-state index contributed by atoms with van der Waals surface area (Å²) in [6, 6.07) is 0. The largest absolute Gasteiger partial charge is 0.481 e. The molecule has 0 spiro atoms. The third-order valence-corrected chi connectivity index (χ3v) is 1.96. The second-order valence-electron chi connectivity index (χ2n) is 3.27. The Bertz CT molecular complexity index is 100.0. The Labute approximate surface area is 91.6 Å². The third-order valence-electron chi connectivity index (χ3n) is 1.96. The van der Waals surface area contributed by atoms with Crippen LogP contribution in [0.25, 0.3) is 0 Å². The van der Waals surface area contributed by atoms with Crippen molar-refractivity contribution in [2.45, 2.75) is 58.3 Å². The molecule has 0 unspecified atom stereocenters. The third kappa shape index (κ3) is 14.8. The van der Waals surface area contributed by atoms with Crippen molar-refractivity contribution in [2.75, 3.05) is 0 Å². The fourth-order valence-electron chi connectivity index (χ4n) is 1.27. The molecule has 0 aliphatic heterocycles.